The van der Waals surface area contributed by atoms with Crippen molar-refractivity contribution in [3.05, 3.63) is 53.1 Å². The molecule has 0 aliphatic carbocycles. The molecule has 0 spiro atoms. The van der Waals surface area contributed by atoms with Crippen LogP contribution in [-0.4, -0.2) is 57.3 Å². The second kappa shape index (κ2) is 10.1. The smallest absolute Gasteiger partial charge is 0.262 e. The number of benzene rings is 1. The number of carbonyl (C=O) groups is 4. The Bertz CT molecular complexity index is 1080. The van der Waals surface area contributed by atoms with E-state index >= 15 is 0 Å². The van der Waals surface area contributed by atoms with Gasteiger partial charge in [-0.15, -0.1) is 0 Å². The Hall–Kier alpha value is -3.37. The molecule has 33 heavy (non-hydrogen) atoms. The van der Waals surface area contributed by atoms with Gasteiger partial charge < -0.3 is 15.0 Å². The number of nitrogens with two attached hydrogens (primary N) is 1. The Balaban J connectivity index is 1.34. The third-order valence-electron chi connectivity index (χ3n) is 5.85. The highest BCUT2D eigenvalue weighted by Crippen LogP contribution is 2.30. The molecule has 0 bridgehead atoms. The molecular formula is C23H27N5O5. The maximum atomic E-state index is 13.1. The van der Waals surface area contributed by atoms with Crippen LogP contribution in [0, 0.1) is 0 Å². The van der Waals surface area contributed by atoms with Gasteiger partial charge in [0.1, 0.15) is 6.04 Å². The van der Waals surface area contributed by atoms with Crippen LogP contribution in [0.15, 0.2) is 30.7 Å². The molecule has 1 aromatic carbocycles. The number of nitrogens with zero attached hydrogens (tertiary/aromatic N) is 3. The Morgan fingerprint density at radius 1 is 1.15 bits per heavy atom. The summed E-state index contributed by atoms with van der Waals surface area (Å²) in [6.07, 6.45) is 6.04. The van der Waals surface area contributed by atoms with Gasteiger partial charge in [-0.05, 0) is 43.9 Å². The fraction of sp³-hybridized carbons (Fsp3) is 0.435. The number of aromatic nitrogens is 2. The minimum atomic E-state index is -0.962. The number of imide groups is 2. The molecule has 174 valence electrons. The van der Waals surface area contributed by atoms with Gasteiger partial charge in [-0.3, -0.25) is 29.4 Å². The lowest BCUT2D eigenvalue weighted by molar-refractivity contribution is -0.136. The maximum Gasteiger partial charge on any atom is 0.262 e. The molecule has 10 heteroatoms. The van der Waals surface area contributed by atoms with Crippen molar-refractivity contribution in [1.29, 1.82) is 0 Å². The summed E-state index contributed by atoms with van der Waals surface area (Å²) in [5, 5.41) is 2.21. The fourth-order valence-corrected chi connectivity index (χ4v) is 4.21. The van der Waals surface area contributed by atoms with Crippen LogP contribution in [0.1, 0.15) is 57.7 Å². The number of fused-ring (bicyclic) bond motifs is 1. The first-order chi connectivity index (χ1) is 16.0. The van der Waals surface area contributed by atoms with E-state index in [4.69, 9.17) is 10.5 Å². The molecule has 0 radical (unpaired) electrons. The number of piperidine rings is 1. The molecule has 2 aliphatic heterocycles. The standard InChI is InChI=1S/C23H27N5O5/c24-9-3-10-27-12-16(25-14-27)13-33-11-2-5-15-4-1-6-17-20(15)23(32)28(22(17)31)18-7-8-19(29)26-21(18)30/h1,4,6,12,14,18H,2-3,5,7-11,13,24H2,(H,26,29,30). The van der Waals surface area contributed by atoms with Gasteiger partial charge >= 0.3 is 0 Å². The summed E-state index contributed by atoms with van der Waals surface area (Å²) in [6.45, 7) is 2.32. The van der Waals surface area contributed by atoms with Crippen LogP contribution in [0.5, 0.6) is 0 Å². The average molecular weight is 453 g/mol. The van der Waals surface area contributed by atoms with Gasteiger partial charge in [0.25, 0.3) is 11.8 Å². The molecule has 1 atom stereocenters. The van der Waals surface area contributed by atoms with Gasteiger partial charge in [-0.2, -0.15) is 0 Å². The summed E-state index contributed by atoms with van der Waals surface area (Å²) in [6, 6.07) is 4.19. The van der Waals surface area contributed by atoms with Crippen LogP contribution in [0.4, 0.5) is 0 Å². The van der Waals surface area contributed by atoms with Gasteiger partial charge in [0, 0.05) is 25.8 Å². The molecule has 3 N–H and O–H groups in total. The van der Waals surface area contributed by atoms with E-state index < -0.39 is 29.7 Å². The van der Waals surface area contributed by atoms with Crippen LogP contribution in [0.3, 0.4) is 0 Å². The van der Waals surface area contributed by atoms with E-state index in [2.05, 4.69) is 10.3 Å². The van der Waals surface area contributed by atoms with Crippen LogP contribution in [0.2, 0.25) is 0 Å². The van der Waals surface area contributed by atoms with Crippen molar-refractivity contribution in [3.63, 3.8) is 0 Å². The zero-order chi connectivity index (χ0) is 23.4. The Kier molecular flexibility index (Phi) is 6.95. The number of nitrogens with one attached hydrogen (secondary N) is 1. The summed E-state index contributed by atoms with van der Waals surface area (Å²) < 4.78 is 7.70. The zero-order valence-electron chi connectivity index (χ0n) is 18.3. The lowest BCUT2D eigenvalue weighted by Crippen LogP contribution is -2.54. The molecule has 2 aliphatic rings. The van der Waals surface area contributed by atoms with Crippen LogP contribution >= 0.6 is 0 Å². The predicted molar refractivity (Wildman–Crippen MR) is 117 cm³/mol. The number of aryl methyl sites for hydroxylation is 2. The van der Waals surface area contributed by atoms with Gasteiger partial charge in [0.05, 0.1) is 29.8 Å². The first-order valence-electron chi connectivity index (χ1n) is 11.1. The second-order valence-corrected chi connectivity index (χ2v) is 8.19. The molecule has 0 saturated carbocycles. The van der Waals surface area contributed by atoms with Gasteiger partial charge in [-0.1, -0.05) is 12.1 Å². The van der Waals surface area contributed by atoms with Crippen molar-refractivity contribution in [3.8, 4) is 0 Å². The maximum absolute atomic E-state index is 13.1. The largest absolute Gasteiger partial charge is 0.375 e. The molecule has 10 nitrogen and oxygen atoms in total. The number of hydrogen-bond donors (Lipinski definition) is 2. The van der Waals surface area contributed by atoms with E-state index in [-0.39, 0.29) is 12.8 Å². The van der Waals surface area contributed by atoms with Gasteiger partial charge in [-0.25, -0.2) is 4.98 Å². The molecular weight excluding hydrogens is 426 g/mol. The number of rotatable bonds is 10. The molecule has 3 heterocycles. The number of carbonyl (C=O) groups excluding carboxylic acids is 4. The lowest BCUT2D eigenvalue weighted by atomic mass is 9.99. The van der Waals surface area contributed by atoms with E-state index in [1.165, 1.54) is 0 Å². The molecule has 1 unspecified atom stereocenters. The number of hydrogen-bond acceptors (Lipinski definition) is 7. The highest BCUT2D eigenvalue weighted by atomic mass is 16.5. The lowest BCUT2D eigenvalue weighted by Gasteiger charge is -2.27. The summed E-state index contributed by atoms with van der Waals surface area (Å²) >= 11 is 0. The Labute approximate surface area is 191 Å². The number of amides is 4. The summed E-state index contributed by atoms with van der Waals surface area (Å²) in [7, 11) is 0. The minimum absolute atomic E-state index is 0.0965. The Morgan fingerprint density at radius 3 is 2.79 bits per heavy atom. The van der Waals surface area contributed by atoms with Crippen LogP contribution in [0.25, 0.3) is 0 Å². The Morgan fingerprint density at radius 2 is 2.00 bits per heavy atom. The van der Waals surface area contributed by atoms with Crippen LogP contribution < -0.4 is 11.1 Å². The molecule has 1 aromatic heterocycles. The third kappa shape index (κ3) is 4.86. The van der Waals surface area contributed by atoms with Crippen molar-refractivity contribution < 1.29 is 23.9 Å². The van der Waals surface area contributed by atoms with Crippen molar-refractivity contribution in [2.24, 2.45) is 5.73 Å². The zero-order valence-corrected chi connectivity index (χ0v) is 18.3. The predicted octanol–water partition coefficient (Wildman–Crippen LogP) is 0.782. The fourth-order valence-electron chi connectivity index (χ4n) is 4.21. The third-order valence-corrected chi connectivity index (χ3v) is 5.85. The summed E-state index contributed by atoms with van der Waals surface area (Å²) in [5.41, 5.74) is 7.74. The molecule has 1 saturated heterocycles. The molecule has 4 rings (SSSR count). The van der Waals surface area contributed by atoms with Crippen molar-refractivity contribution in [2.75, 3.05) is 13.2 Å². The summed E-state index contributed by atoms with van der Waals surface area (Å²) in [5.74, 6) is -1.98. The van der Waals surface area contributed by atoms with Crippen molar-refractivity contribution >= 4 is 23.6 Å². The van der Waals surface area contributed by atoms with Gasteiger partial charge in [0.2, 0.25) is 11.8 Å². The van der Waals surface area contributed by atoms with E-state index in [0.29, 0.717) is 43.7 Å². The highest BCUT2D eigenvalue weighted by molar-refractivity contribution is 6.24. The van der Waals surface area contributed by atoms with Crippen LogP contribution in [-0.2, 0) is 33.9 Å². The summed E-state index contributed by atoms with van der Waals surface area (Å²) in [4.78, 5) is 54.9. The quantitative estimate of drug-likeness (QED) is 0.401. The normalized spacial score (nSPS) is 18.1. The van der Waals surface area contributed by atoms with E-state index in [9.17, 15) is 19.2 Å². The second-order valence-electron chi connectivity index (χ2n) is 8.19. The average Bonchev–Trinajstić information content (AvgIpc) is 3.35. The van der Waals surface area contributed by atoms with E-state index in [1.54, 1.807) is 18.5 Å². The van der Waals surface area contributed by atoms with E-state index in [0.717, 1.165) is 29.1 Å². The van der Waals surface area contributed by atoms with Gasteiger partial charge in [0.15, 0.2) is 0 Å². The van der Waals surface area contributed by atoms with E-state index in [1.807, 2.05) is 16.8 Å². The highest BCUT2D eigenvalue weighted by Gasteiger charge is 2.45. The molecule has 2 aromatic rings. The number of ether oxygens (including phenoxy) is 1. The molecule has 1 fully saturated rings. The minimum Gasteiger partial charge on any atom is -0.375 e. The topological polar surface area (TPSA) is 137 Å². The van der Waals surface area contributed by atoms with Crippen molar-refractivity contribution in [2.45, 2.75) is 51.3 Å². The number of imidazole rings is 1. The SMILES string of the molecule is NCCCn1cnc(COCCCc2cccc3c2C(=O)N(C2CCC(=O)NC2=O)C3=O)c1. The first kappa shape index (κ1) is 22.8. The molecule has 4 amide bonds. The monoisotopic (exact) mass is 453 g/mol. The van der Waals surface area contributed by atoms with Crippen molar-refractivity contribution in [1.82, 2.24) is 19.8 Å². The first-order valence-corrected chi connectivity index (χ1v) is 11.1.